The summed E-state index contributed by atoms with van der Waals surface area (Å²) in [6, 6.07) is 6.07. The van der Waals surface area contributed by atoms with Gasteiger partial charge >= 0.3 is 0 Å². The van der Waals surface area contributed by atoms with Crippen molar-refractivity contribution in [1.82, 2.24) is 20.2 Å². The summed E-state index contributed by atoms with van der Waals surface area (Å²) in [6.45, 7) is 1.69. The van der Waals surface area contributed by atoms with Crippen molar-refractivity contribution in [3.8, 4) is 0 Å². The zero-order valence-electron chi connectivity index (χ0n) is 10.4. The second-order valence-electron chi connectivity index (χ2n) is 4.57. The highest BCUT2D eigenvalue weighted by molar-refractivity contribution is 5.66. The van der Waals surface area contributed by atoms with Gasteiger partial charge in [-0.25, -0.2) is 0 Å². The van der Waals surface area contributed by atoms with Crippen LogP contribution in [-0.2, 0) is 20.0 Å². The third-order valence-corrected chi connectivity index (χ3v) is 3.27. The van der Waals surface area contributed by atoms with Gasteiger partial charge in [-0.05, 0) is 35.8 Å². The lowest BCUT2D eigenvalue weighted by Gasteiger charge is -2.30. The number of anilines is 2. The van der Waals surface area contributed by atoms with Gasteiger partial charge in [0.25, 0.3) is 0 Å². The predicted molar refractivity (Wildman–Crippen MR) is 69.0 cm³/mol. The van der Waals surface area contributed by atoms with Gasteiger partial charge in [-0.3, -0.25) is 0 Å². The van der Waals surface area contributed by atoms with Gasteiger partial charge in [0, 0.05) is 17.9 Å². The molecule has 18 heavy (non-hydrogen) atoms. The molecule has 0 fully saturated rings. The van der Waals surface area contributed by atoms with Crippen molar-refractivity contribution in [2.45, 2.75) is 19.4 Å². The summed E-state index contributed by atoms with van der Waals surface area (Å²) in [6.07, 6.45) is 2.16. The molecule has 0 bridgehead atoms. The molecule has 0 aliphatic carbocycles. The van der Waals surface area contributed by atoms with E-state index < -0.39 is 0 Å². The molecular weight excluding hydrogens is 228 g/mol. The fourth-order valence-electron chi connectivity index (χ4n) is 2.45. The molecule has 0 saturated carbocycles. The molecule has 2 aromatic rings. The third-order valence-electron chi connectivity index (χ3n) is 3.27. The summed E-state index contributed by atoms with van der Waals surface area (Å²) in [4.78, 5) is 3.76. The van der Waals surface area contributed by atoms with Crippen molar-refractivity contribution in [2.75, 3.05) is 17.2 Å². The number of rotatable bonds is 2. The molecular formula is C12H16N6. The quantitative estimate of drug-likeness (QED) is 0.789. The molecule has 6 heteroatoms. The zero-order chi connectivity index (χ0) is 12.5. The molecule has 94 valence electrons. The Kier molecular flexibility index (Phi) is 2.62. The van der Waals surface area contributed by atoms with Crippen molar-refractivity contribution in [3.63, 3.8) is 0 Å². The standard InChI is InChI=1S/C12H16N6/c1-17-15-12(14-16-17)8-18-7-3-4-9-10(13)5-2-6-11(9)18/h2,5-6H,3-4,7-8,13H2,1H3. The molecule has 0 amide bonds. The lowest BCUT2D eigenvalue weighted by atomic mass is 10.00. The molecule has 0 atom stereocenters. The van der Waals surface area contributed by atoms with Crippen LogP contribution < -0.4 is 10.6 Å². The lowest BCUT2D eigenvalue weighted by molar-refractivity contribution is 0.624. The monoisotopic (exact) mass is 244 g/mol. The van der Waals surface area contributed by atoms with Crippen molar-refractivity contribution >= 4 is 11.4 Å². The van der Waals surface area contributed by atoms with E-state index in [2.05, 4.69) is 26.4 Å². The fourth-order valence-corrected chi connectivity index (χ4v) is 2.45. The molecule has 2 heterocycles. The molecule has 0 spiro atoms. The number of nitrogens with zero attached hydrogens (tertiary/aromatic N) is 5. The first kappa shape index (κ1) is 11.0. The molecule has 0 radical (unpaired) electrons. The van der Waals surface area contributed by atoms with E-state index in [9.17, 15) is 0 Å². The SMILES string of the molecule is Cn1nnc(CN2CCCc3c(N)cccc32)n1. The minimum absolute atomic E-state index is 0.685. The largest absolute Gasteiger partial charge is 0.398 e. The van der Waals surface area contributed by atoms with Gasteiger partial charge in [0.1, 0.15) is 0 Å². The number of nitrogens with two attached hydrogens (primary N) is 1. The molecule has 1 aliphatic rings. The molecule has 3 rings (SSSR count). The van der Waals surface area contributed by atoms with Crippen molar-refractivity contribution in [2.24, 2.45) is 7.05 Å². The number of hydrogen-bond acceptors (Lipinski definition) is 5. The van der Waals surface area contributed by atoms with E-state index >= 15 is 0 Å². The molecule has 0 unspecified atom stereocenters. The number of tetrazole rings is 1. The van der Waals surface area contributed by atoms with Gasteiger partial charge in [0.2, 0.25) is 0 Å². The van der Waals surface area contributed by atoms with Crippen LogP contribution >= 0.6 is 0 Å². The zero-order valence-corrected chi connectivity index (χ0v) is 10.4. The predicted octanol–water partition coefficient (Wildman–Crippen LogP) is 0.745. The van der Waals surface area contributed by atoms with Crippen LogP contribution in [0.4, 0.5) is 11.4 Å². The van der Waals surface area contributed by atoms with Gasteiger partial charge in [-0.15, -0.1) is 10.2 Å². The van der Waals surface area contributed by atoms with Gasteiger partial charge < -0.3 is 10.6 Å². The van der Waals surface area contributed by atoms with E-state index in [0.717, 1.165) is 30.9 Å². The lowest BCUT2D eigenvalue weighted by Crippen LogP contribution is -2.29. The van der Waals surface area contributed by atoms with Crippen molar-refractivity contribution in [1.29, 1.82) is 0 Å². The van der Waals surface area contributed by atoms with E-state index in [1.165, 1.54) is 16.0 Å². The number of hydrogen-bond donors (Lipinski definition) is 1. The van der Waals surface area contributed by atoms with Crippen LogP contribution in [0, 0.1) is 0 Å². The number of nitrogen functional groups attached to an aromatic ring is 1. The van der Waals surface area contributed by atoms with Gasteiger partial charge in [0.15, 0.2) is 5.82 Å². The maximum Gasteiger partial charge on any atom is 0.193 e. The molecule has 6 nitrogen and oxygen atoms in total. The molecule has 2 N–H and O–H groups in total. The van der Waals surface area contributed by atoms with Crippen LogP contribution in [0.2, 0.25) is 0 Å². The summed E-state index contributed by atoms with van der Waals surface area (Å²) in [5.74, 6) is 0.743. The van der Waals surface area contributed by atoms with Crippen LogP contribution in [0.1, 0.15) is 17.8 Å². The molecule has 1 aromatic heterocycles. The van der Waals surface area contributed by atoms with Crippen LogP contribution in [0.5, 0.6) is 0 Å². The molecule has 0 saturated heterocycles. The Hall–Kier alpha value is -2.11. The first-order chi connectivity index (χ1) is 8.74. The summed E-state index contributed by atoms with van der Waals surface area (Å²) in [7, 11) is 1.78. The Balaban J connectivity index is 1.89. The third kappa shape index (κ3) is 1.90. The number of benzene rings is 1. The molecule has 1 aliphatic heterocycles. The minimum atomic E-state index is 0.685. The summed E-state index contributed by atoms with van der Waals surface area (Å²) < 4.78 is 0. The van der Waals surface area contributed by atoms with Crippen LogP contribution in [0.25, 0.3) is 0 Å². The highest BCUT2D eigenvalue weighted by Crippen LogP contribution is 2.31. The maximum atomic E-state index is 6.03. The maximum absolute atomic E-state index is 6.03. The highest BCUT2D eigenvalue weighted by Gasteiger charge is 2.19. The van der Waals surface area contributed by atoms with E-state index in [1.54, 1.807) is 7.05 Å². The highest BCUT2D eigenvalue weighted by atomic mass is 15.6. The average molecular weight is 244 g/mol. The van der Waals surface area contributed by atoms with Gasteiger partial charge in [-0.2, -0.15) is 4.80 Å². The van der Waals surface area contributed by atoms with Gasteiger partial charge in [0.05, 0.1) is 13.6 Å². The normalized spacial score (nSPS) is 14.6. The van der Waals surface area contributed by atoms with Gasteiger partial charge in [-0.1, -0.05) is 6.07 Å². The Morgan fingerprint density at radius 2 is 2.28 bits per heavy atom. The topological polar surface area (TPSA) is 72.9 Å². The Labute approximate surface area is 105 Å². The van der Waals surface area contributed by atoms with Crippen LogP contribution in [0.3, 0.4) is 0 Å². The number of fused-ring (bicyclic) bond motifs is 1. The summed E-state index contributed by atoms with van der Waals surface area (Å²) in [5.41, 5.74) is 9.35. The Morgan fingerprint density at radius 1 is 1.39 bits per heavy atom. The van der Waals surface area contributed by atoms with E-state index in [-0.39, 0.29) is 0 Å². The average Bonchev–Trinajstić information content (AvgIpc) is 2.76. The minimum Gasteiger partial charge on any atom is -0.398 e. The first-order valence-corrected chi connectivity index (χ1v) is 6.09. The van der Waals surface area contributed by atoms with E-state index in [0.29, 0.717) is 6.54 Å². The number of aryl methyl sites for hydroxylation is 1. The second kappa shape index (κ2) is 4.29. The van der Waals surface area contributed by atoms with Crippen molar-refractivity contribution < 1.29 is 0 Å². The Bertz CT molecular complexity index is 561. The molecule has 1 aromatic carbocycles. The van der Waals surface area contributed by atoms with Crippen molar-refractivity contribution in [3.05, 3.63) is 29.6 Å². The fraction of sp³-hybridized carbons (Fsp3) is 0.417. The number of aromatic nitrogens is 4. The first-order valence-electron chi connectivity index (χ1n) is 6.09. The summed E-state index contributed by atoms with van der Waals surface area (Å²) in [5, 5.41) is 12.1. The van der Waals surface area contributed by atoms with E-state index in [4.69, 9.17) is 5.73 Å². The smallest absolute Gasteiger partial charge is 0.193 e. The Morgan fingerprint density at radius 3 is 3.06 bits per heavy atom. The van der Waals surface area contributed by atoms with Crippen LogP contribution in [0.15, 0.2) is 18.2 Å². The second-order valence-corrected chi connectivity index (χ2v) is 4.57. The van der Waals surface area contributed by atoms with E-state index in [1.807, 2.05) is 12.1 Å². The summed E-state index contributed by atoms with van der Waals surface area (Å²) >= 11 is 0. The van der Waals surface area contributed by atoms with Crippen LogP contribution in [-0.4, -0.2) is 26.8 Å².